The molecule has 1 fully saturated rings. The van der Waals surface area contributed by atoms with Gasteiger partial charge in [0.15, 0.2) is 0 Å². The zero-order chi connectivity index (χ0) is 18.0. The van der Waals surface area contributed by atoms with Gasteiger partial charge in [0.2, 0.25) is 0 Å². The van der Waals surface area contributed by atoms with Gasteiger partial charge in [0.05, 0.1) is 13.2 Å². The summed E-state index contributed by atoms with van der Waals surface area (Å²) >= 11 is 2.02. The average molecular weight is 456 g/mol. The van der Waals surface area contributed by atoms with Crippen molar-refractivity contribution < 1.29 is 18.3 Å². The van der Waals surface area contributed by atoms with E-state index in [9.17, 15) is 8.78 Å². The van der Waals surface area contributed by atoms with Crippen molar-refractivity contribution in [1.82, 2.24) is 0 Å². The highest BCUT2D eigenvalue weighted by atomic mass is 127. The molecule has 1 aromatic rings. The van der Waals surface area contributed by atoms with E-state index in [0.29, 0.717) is 28.1 Å². The lowest BCUT2D eigenvalue weighted by molar-refractivity contribution is 0.141. The molecule has 0 spiro atoms. The number of allylic oxidation sites excluding steroid dienone is 5. The molecule has 0 N–H and O–H groups in total. The molecule has 132 valence electrons. The number of hydrogen-bond acceptors (Lipinski definition) is 2. The van der Waals surface area contributed by atoms with Crippen LogP contribution in [0.25, 0.3) is 5.57 Å². The molecule has 3 rings (SSSR count). The zero-order valence-electron chi connectivity index (χ0n) is 14.2. The number of hydrogen-bond donors (Lipinski definition) is 0. The van der Waals surface area contributed by atoms with E-state index in [0.717, 1.165) is 18.4 Å². The van der Waals surface area contributed by atoms with Gasteiger partial charge in [0.25, 0.3) is 0 Å². The average Bonchev–Trinajstić information content (AvgIpc) is 3.02. The standard InChI is InChI=1S/C20H19F2IO2/c1-3-13-4-5-16(21)19(12(2)8-13)20-17(22)9-15(10-18(20)23)25-14-6-7-24-11-14/h4-5,9-10,14H,3,6-7,11H2,1-2H3/t14-/m1/s1. The van der Waals surface area contributed by atoms with Crippen LogP contribution in [0.1, 0.15) is 32.3 Å². The molecule has 1 aliphatic carbocycles. The van der Waals surface area contributed by atoms with Gasteiger partial charge in [-0.25, -0.2) is 8.78 Å². The third kappa shape index (κ3) is 4.05. The summed E-state index contributed by atoms with van der Waals surface area (Å²) in [5, 5.41) is 0. The van der Waals surface area contributed by atoms with E-state index in [1.807, 2.05) is 29.5 Å². The van der Waals surface area contributed by atoms with E-state index >= 15 is 0 Å². The maximum absolute atomic E-state index is 14.8. The van der Waals surface area contributed by atoms with E-state index in [2.05, 4.69) is 5.73 Å². The second-order valence-corrected chi connectivity index (χ2v) is 7.21. The minimum atomic E-state index is -0.500. The Balaban J connectivity index is 2.02. The van der Waals surface area contributed by atoms with E-state index in [-0.39, 0.29) is 17.2 Å². The first-order chi connectivity index (χ1) is 12.0. The van der Waals surface area contributed by atoms with Gasteiger partial charge in [-0.1, -0.05) is 6.92 Å². The van der Waals surface area contributed by atoms with Crippen LogP contribution < -0.4 is 4.74 Å². The van der Waals surface area contributed by atoms with Gasteiger partial charge < -0.3 is 9.47 Å². The van der Waals surface area contributed by atoms with Crippen LogP contribution in [0, 0.1) is 9.39 Å². The number of rotatable bonds is 4. The molecule has 0 bridgehead atoms. The van der Waals surface area contributed by atoms with Gasteiger partial charge in [-0.05, 0) is 59.7 Å². The summed E-state index contributed by atoms with van der Waals surface area (Å²) in [5.41, 5.74) is 5.14. The van der Waals surface area contributed by atoms with Crippen LogP contribution in [-0.4, -0.2) is 19.3 Å². The molecule has 0 radical (unpaired) electrons. The first-order valence-corrected chi connectivity index (χ1v) is 9.36. The predicted molar refractivity (Wildman–Crippen MR) is 103 cm³/mol. The summed E-state index contributed by atoms with van der Waals surface area (Å²) in [5.74, 6) is -0.513. The Morgan fingerprint density at radius 3 is 2.76 bits per heavy atom. The van der Waals surface area contributed by atoms with Crippen LogP contribution in [0.2, 0.25) is 0 Å². The van der Waals surface area contributed by atoms with Crippen molar-refractivity contribution in [2.75, 3.05) is 13.2 Å². The van der Waals surface area contributed by atoms with Crippen molar-refractivity contribution in [3.05, 3.63) is 61.9 Å². The molecule has 1 heterocycles. The second kappa shape index (κ2) is 7.85. The van der Waals surface area contributed by atoms with Crippen LogP contribution in [0.5, 0.6) is 5.75 Å². The quantitative estimate of drug-likeness (QED) is 0.426. The van der Waals surface area contributed by atoms with Crippen LogP contribution in [-0.2, 0) is 4.74 Å². The molecule has 1 aromatic carbocycles. The van der Waals surface area contributed by atoms with Crippen molar-refractivity contribution in [2.24, 2.45) is 0 Å². The molecule has 1 atom stereocenters. The Morgan fingerprint density at radius 2 is 2.12 bits per heavy atom. The number of halogens is 3. The lowest BCUT2D eigenvalue weighted by Gasteiger charge is -2.16. The Kier molecular flexibility index (Phi) is 5.77. The Labute approximate surface area is 160 Å². The molecule has 5 heteroatoms. The lowest BCUT2D eigenvalue weighted by atomic mass is 9.98. The fourth-order valence-corrected chi connectivity index (χ4v) is 3.78. The van der Waals surface area contributed by atoms with Crippen LogP contribution in [0.3, 0.4) is 0 Å². The number of ether oxygens (including phenoxy) is 2. The molecule has 2 aliphatic rings. The summed E-state index contributed by atoms with van der Waals surface area (Å²) in [6.45, 7) is 4.90. The van der Waals surface area contributed by atoms with Gasteiger partial charge in [-0.15, -0.1) is 5.73 Å². The first-order valence-electron chi connectivity index (χ1n) is 8.28. The SMILES string of the molecule is CCC1=C=C(C)C(c2c(F)cc(O[C@@H]3CCOC3)cc2I)=C(F)C=C1. The Bertz CT molecular complexity index is 788. The fourth-order valence-electron chi connectivity index (χ4n) is 2.95. The van der Waals surface area contributed by atoms with E-state index in [4.69, 9.17) is 9.47 Å². The smallest absolute Gasteiger partial charge is 0.135 e. The van der Waals surface area contributed by atoms with Crippen molar-refractivity contribution in [2.45, 2.75) is 32.8 Å². The summed E-state index contributed by atoms with van der Waals surface area (Å²) in [6, 6.07) is 3.06. The highest BCUT2D eigenvalue weighted by molar-refractivity contribution is 14.1. The van der Waals surface area contributed by atoms with Crippen LogP contribution in [0.15, 0.2) is 47.0 Å². The normalized spacial score (nSPS) is 20.4. The van der Waals surface area contributed by atoms with Gasteiger partial charge in [-0.2, -0.15) is 0 Å². The molecule has 1 aliphatic heterocycles. The van der Waals surface area contributed by atoms with Crippen molar-refractivity contribution in [3.8, 4) is 5.75 Å². The molecule has 0 saturated carbocycles. The van der Waals surface area contributed by atoms with Crippen molar-refractivity contribution in [3.63, 3.8) is 0 Å². The third-order valence-electron chi connectivity index (χ3n) is 4.23. The highest BCUT2D eigenvalue weighted by Crippen LogP contribution is 2.36. The third-order valence-corrected chi connectivity index (χ3v) is 5.08. The molecular weight excluding hydrogens is 437 g/mol. The molecule has 2 nitrogen and oxygen atoms in total. The van der Waals surface area contributed by atoms with Gasteiger partial charge >= 0.3 is 0 Å². The Hall–Kier alpha value is -1.43. The topological polar surface area (TPSA) is 18.5 Å². The molecule has 0 aromatic heterocycles. The summed E-state index contributed by atoms with van der Waals surface area (Å²) < 4.78 is 41.1. The summed E-state index contributed by atoms with van der Waals surface area (Å²) in [7, 11) is 0. The predicted octanol–water partition coefficient (Wildman–Crippen LogP) is 5.73. The summed E-state index contributed by atoms with van der Waals surface area (Å²) in [6.07, 6.45) is 4.54. The van der Waals surface area contributed by atoms with Gasteiger partial charge in [0.1, 0.15) is 23.5 Å². The van der Waals surface area contributed by atoms with Gasteiger partial charge in [0, 0.05) is 32.8 Å². The molecule has 1 saturated heterocycles. The molecule has 0 unspecified atom stereocenters. The van der Waals surface area contributed by atoms with Crippen molar-refractivity contribution >= 4 is 28.2 Å². The van der Waals surface area contributed by atoms with Crippen molar-refractivity contribution in [1.29, 1.82) is 0 Å². The van der Waals surface area contributed by atoms with Crippen LogP contribution >= 0.6 is 22.6 Å². The first kappa shape index (κ1) is 18.4. The van der Waals surface area contributed by atoms with Crippen LogP contribution in [0.4, 0.5) is 8.78 Å². The number of benzene rings is 1. The molecule has 0 amide bonds. The van der Waals surface area contributed by atoms with Gasteiger partial charge in [-0.3, -0.25) is 0 Å². The Morgan fingerprint density at radius 1 is 1.32 bits per heavy atom. The fraction of sp³-hybridized carbons (Fsp3) is 0.350. The lowest BCUT2D eigenvalue weighted by Crippen LogP contribution is -2.16. The largest absolute Gasteiger partial charge is 0.488 e. The highest BCUT2D eigenvalue weighted by Gasteiger charge is 2.22. The summed E-state index contributed by atoms with van der Waals surface area (Å²) in [4.78, 5) is 0. The van der Waals surface area contributed by atoms with E-state index in [1.54, 1.807) is 19.1 Å². The minimum absolute atomic E-state index is 0.0607. The molecular formula is C20H19F2IO2. The second-order valence-electron chi connectivity index (χ2n) is 6.05. The van der Waals surface area contributed by atoms with E-state index < -0.39 is 11.6 Å². The molecule has 25 heavy (non-hydrogen) atoms. The maximum Gasteiger partial charge on any atom is 0.135 e. The van der Waals surface area contributed by atoms with E-state index in [1.165, 1.54) is 12.1 Å². The monoisotopic (exact) mass is 456 g/mol. The minimum Gasteiger partial charge on any atom is -0.488 e. The zero-order valence-corrected chi connectivity index (χ0v) is 16.3. The maximum atomic E-state index is 14.8.